The van der Waals surface area contributed by atoms with Crippen LogP contribution in [0.3, 0.4) is 0 Å². The molecule has 2 atom stereocenters. The predicted octanol–water partition coefficient (Wildman–Crippen LogP) is 3.01. The maximum absolute atomic E-state index is 13.4. The molecule has 0 aliphatic carbocycles. The van der Waals surface area contributed by atoms with Crippen molar-refractivity contribution in [3.05, 3.63) is 29.3 Å². The van der Waals surface area contributed by atoms with Crippen LogP contribution in [-0.2, 0) is 4.79 Å². The molecular formula is C13H17F2NO2. The van der Waals surface area contributed by atoms with Crippen LogP contribution in [0, 0.1) is 23.5 Å². The van der Waals surface area contributed by atoms with E-state index >= 15 is 0 Å². The van der Waals surface area contributed by atoms with Gasteiger partial charge in [-0.15, -0.1) is 0 Å². The van der Waals surface area contributed by atoms with Gasteiger partial charge in [0.05, 0.1) is 11.6 Å². The molecule has 0 saturated carbocycles. The summed E-state index contributed by atoms with van der Waals surface area (Å²) >= 11 is 0. The van der Waals surface area contributed by atoms with E-state index < -0.39 is 23.5 Å². The summed E-state index contributed by atoms with van der Waals surface area (Å²) in [5, 5.41) is 9.25. The molecule has 0 radical (unpaired) electrons. The Hall–Kier alpha value is -1.65. The maximum atomic E-state index is 13.4. The normalized spacial score (nSPS) is 14.6. The lowest BCUT2D eigenvalue weighted by Crippen LogP contribution is -2.24. The van der Waals surface area contributed by atoms with E-state index in [-0.39, 0.29) is 23.1 Å². The van der Waals surface area contributed by atoms with Crippen LogP contribution < -0.4 is 5.73 Å². The van der Waals surface area contributed by atoms with Crippen molar-refractivity contribution in [1.29, 1.82) is 0 Å². The van der Waals surface area contributed by atoms with Gasteiger partial charge in [-0.3, -0.25) is 4.79 Å². The van der Waals surface area contributed by atoms with Gasteiger partial charge in [0.2, 0.25) is 0 Å². The van der Waals surface area contributed by atoms with Crippen molar-refractivity contribution in [1.82, 2.24) is 0 Å². The minimum Gasteiger partial charge on any atom is -0.481 e. The Morgan fingerprint density at radius 1 is 1.28 bits per heavy atom. The van der Waals surface area contributed by atoms with E-state index in [2.05, 4.69) is 0 Å². The molecule has 100 valence electrons. The first-order valence-corrected chi connectivity index (χ1v) is 5.73. The number of carbonyl (C=O) groups is 1. The van der Waals surface area contributed by atoms with Gasteiger partial charge in [-0.1, -0.05) is 20.8 Å². The van der Waals surface area contributed by atoms with Crippen molar-refractivity contribution in [2.75, 3.05) is 5.73 Å². The van der Waals surface area contributed by atoms with E-state index in [4.69, 9.17) is 5.73 Å². The molecule has 0 spiro atoms. The molecule has 0 amide bonds. The van der Waals surface area contributed by atoms with Gasteiger partial charge >= 0.3 is 5.97 Å². The summed E-state index contributed by atoms with van der Waals surface area (Å²) < 4.78 is 26.6. The summed E-state index contributed by atoms with van der Waals surface area (Å²) in [6.45, 7) is 5.44. The standard InChI is InChI=1S/C13H17F2NO2/c1-6(2)7(3)11(13(17)18)9-4-8(14)5-10(15)12(9)16/h4-7,11H,16H2,1-3H3,(H,17,18). The second-order valence-electron chi connectivity index (χ2n) is 4.81. The Morgan fingerprint density at radius 3 is 2.28 bits per heavy atom. The van der Waals surface area contributed by atoms with Crippen LogP contribution in [0.1, 0.15) is 32.3 Å². The summed E-state index contributed by atoms with van der Waals surface area (Å²) in [7, 11) is 0. The number of halogens is 2. The van der Waals surface area contributed by atoms with Gasteiger partial charge in [0.25, 0.3) is 0 Å². The lowest BCUT2D eigenvalue weighted by Gasteiger charge is -2.25. The fraction of sp³-hybridized carbons (Fsp3) is 0.462. The average molecular weight is 257 g/mol. The van der Waals surface area contributed by atoms with Crippen molar-refractivity contribution < 1.29 is 18.7 Å². The van der Waals surface area contributed by atoms with E-state index in [1.165, 1.54) is 0 Å². The number of hydrogen-bond acceptors (Lipinski definition) is 2. The average Bonchev–Trinajstić information content (AvgIpc) is 2.24. The third-order valence-corrected chi connectivity index (χ3v) is 3.30. The molecule has 0 bridgehead atoms. The number of carboxylic acids is 1. The molecule has 2 unspecified atom stereocenters. The smallest absolute Gasteiger partial charge is 0.311 e. The van der Waals surface area contributed by atoms with Gasteiger partial charge in [0, 0.05) is 6.07 Å². The van der Waals surface area contributed by atoms with Gasteiger partial charge in [0.15, 0.2) is 0 Å². The Bertz CT molecular complexity index is 461. The highest BCUT2D eigenvalue weighted by atomic mass is 19.1. The van der Waals surface area contributed by atoms with Crippen LogP contribution in [0.2, 0.25) is 0 Å². The number of aliphatic carboxylic acids is 1. The molecule has 0 aliphatic heterocycles. The predicted molar refractivity (Wildman–Crippen MR) is 65.1 cm³/mol. The second kappa shape index (κ2) is 5.33. The lowest BCUT2D eigenvalue weighted by atomic mass is 9.80. The lowest BCUT2D eigenvalue weighted by molar-refractivity contribution is -0.140. The molecule has 3 nitrogen and oxygen atoms in total. The van der Waals surface area contributed by atoms with Crippen LogP contribution in [0.25, 0.3) is 0 Å². The minimum absolute atomic E-state index is 0.00111. The first-order valence-electron chi connectivity index (χ1n) is 5.73. The van der Waals surface area contributed by atoms with Gasteiger partial charge in [-0.25, -0.2) is 8.78 Å². The molecule has 1 aromatic carbocycles. The summed E-state index contributed by atoms with van der Waals surface area (Å²) in [5.74, 6) is -4.13. The molecule has 5 heteroatoms. The van der Waals surface area contributed by atoms with E-state index in [0.717, 1.165) is 6.07 Å². The van der Waals surface area contributed by atoms with Crippen molar-refractivity contribution in [2.24, 2.45) is 11.8 Å². The van der Waals surface area contributed by atoms with Crippen molar-refractivity contribution in [2.45, 2.75) is 26.7 Å². The number of nitrogens with two attached hydrogens (primary N) is 1. The van der Waals surface area contributed by atoms with Crippen LogP contribution in [0.15, 0.2) is 12.1 Å². The topological polar surface area (TPSA) is 63.3 Å². The molecule has 3 N–H and O–H groups in total. The first kappa shape index (κ1) is 14.4. The fourth-order valence-electron chi connectivity index (χ4n) is 1.89. The highest BCUT2D eigenvalue weighted by Crippen LogP contribution is 2.35. The van der Waals surface area contributed by atoms with E-state index in [0.29, 0.717) is 6.07 Å². The highest BCUT2D eigenvalue weighted by molar-refractivity contribution is 5.79. The van der Waals surface area contributed by atoms with Gasteiger partial charge in [0.1, 0.15) is 11.6 Å². The molecule has 0 saturated heterocycles. The summed E-state index contributed by atoms with van der Waals surface area (Å²) in [4.78, 5) is 11.3. The summed E-state index contributed by atoms with van der Waals surface area (Å²) in [5.41, 5.74) is 5.23. The number of carboxylic acid groups (broad SMARTS) is 1. The molecule has 0 aliphatic rings. The van der Waals surface area contributed by atoms with E-state index in [1.807, 2.05) is 13.8 Å². The fourth-order valence-corrected chi connectivity index (χ4v) is 1.89. The summed E-state index contributed by atoms with van der Waals surface area (Å²) in [6, 6.07) is 1.65. The zero-order chi connectivity index (χ0) is 14.0. The minimum atomic E-state index is -1.13. The van der Waals surface area contributed by atoms with Crippen LogP contribution >= 0.6 is 0 Å². The number of anilines is 1. The Labute approximate surface area is 105 Å². The molecule has 0 fully saturated rings. The zero-order valence-electron chi connectivity index (χ0n) is 10.6. The molecule has 1 rings (SSSR count). The first-order chi connectivity index (χ1) is 8.25. The highest BCUT2D eigenvalue weighted by Gasteiger charge is 2.31. The molecule has 1 aromatic rings. The summed E-state index contributed by atoms with van der Waals surface area (Å²) in [6.07, 6.45) is 0. The van der Waals surface area contributed by atoms with E-state index in [1.54, 1.807) is 6.92 Å². The molecule has 0 heterocycles. The van der Waals surface area contributed by atoms with Gasteiger partial charge < -0.3 is 10.8 Å². The maximum Gasteiger partial charge on any atom is 0.311 e. The quantitative estimate of drug-likeness (QED) is 0.815. The Morgan fingerprint density at radius 2 is 1.83 bits per heavy atom. The molecule has 18 heavy (non-hydrogen) atoms. The number of nitrogen functional groups attached to an aromatic ring is 1. The Balaban J connectivity index is 3.35. The van der Waals surface area contributed by atoms with E-state index in [9.17, 15) is 18.7 Å². The van der Waals surface area contributed by atoms with Crippen LogP contribution in [-0.4, -0.2) is 11.1 Å². The monoisotopic (exact) mass is 257 g/mol. The van der Waals surface area contributed by atoms with Gasteiger partial charge in [-0.05, 0) is 23.5 Å². The van der Waals surface area contributed by atoms with Crippen molar-refractivity contribution in [3.63, 3.8) is 0 Å². The molecule has 0 aromatic heterocycles. The number of benzene rings is 1. The van der Waals surface area contributed by atoms with Gasteiger partial charge in [-0.2, -0.15) is 0 Å². The SMILES string of the molecule is CC(C)C(C)C(C(=O)O)c1cc(F)cc(F)c1N. The van der Waals surface area contributed by atoms with Crippen LogP contribution in [0.5, 0.6) is 0 Å². The second-order valence-corrected chi connectivity index (χ2v) is 4.81. The number of hydrogen-bond donors (Lipinski definition) is 2. The Kier molecular flexibility index (Phi) is 4.27. The van der Waals surface area contributed by atoms with Crippen molar-refractivity contribution in [3.8, 4) is 0 Å². The number of rotatable bonds is 4. The zero-order valence-corrected chi connectivity index (χ0v) is 10.6. The van der Waals surface area contributed by atoms with Crippen molar-refractivity contribution >= 4 is 11.7 Å². The third kappa shape index (κ3) is 2.78. The van der Waals surface area contributed by atoms with Crippen LogP contribution in [0.4, 0.5) is 14.5 Å². The molecular weight excluding hydrogens is 240 g/mol. The third-order valence-electron chi connectivity index (χ3n) is 3.30. The largest absolute Gasteiger partial charge is 0.481 e.